The van der Waals surface area contributed by atoms with Gasteiger partial charge < -0.3 is 25.0 Å². The highest BCUT2D eigenvalue weighted by atomic mass is 16.5. The average Bonchev–Trinajstić information content (AvgIpc) is 3.05. The molecule has 1 heterocycles. The van der Waals surface area contributed by atoms with Crippen molar-refractivity contribution in [2.24, 2.45) is 4.99 Å². The largest absolute Gasteiger partial charge is 0.493 e. The van der Waals surface area contributed by atoms with E-state index in [0.717, 1.165) is 42.5 Å². The Kier molecular flexibility index (Phi) is 6.63. The van der Waals surface area contributed by atoms with Crippen LogP contribution in [0.5, 0.6) is 11.5 Å². The lowest BCUT2D eigenvalue weighted by Crippen LogP contribution is -2.42. The summed E-state index contributed by atoms with van der Waals surface area (Å²) in [6.45, 7) is 4.70. The molecule has 0 spiro atoms. The number of benzene rings is 2. The molecule has 2 aromatic rings. The van der Waals surface area contributed by atoms with E-state index in [2.05, 4.69) is 51.7 Å². The van der Waals surface area contributed by atoms with Crippen molar-refractivity contribution >= 4 is 11.6 Å². The third-order valence-corrected chi connectivity index (χ3v) is 5.13. The van der Waals surface area contributed by atoms with Gasteiger partial charge in [0.15, 0.2) is 17.5 Å². The fraction of sp³-hybridized carbons (Fsp3) is 0.409. The predicted octanol–water partition coefficient (Wildman–Crippen LogP) is 2.82. The third kappa shape index (κ3) is 4.50. The van der Waals surface area contributed by atoms with Crippen LogP contribution in [0.1, 0.15) is 18.1 Å². The van der Waals surface area contributed by atoms with Gasteiger partial charge in [-0.3, -0.25) is 4.99 Å². The number of nitrogens with zero attached hydrogens (tertiary/aromatic N) is 2. The molecule has 2 N–H and O–H groups in total. The highest BCUT2D eigenvalue weighted by Gasteiger charge is 2.24. The normalized spacial score (nSPS) is 15.9. The van der Waals surface area contributed by atoms with Crippen molar-refractivity contribution in [3.8, 4) is 11.5 Å². The second-order valence-electron chi connectivity index (χ2n) is 6.92. The summed E-state index contributed by atoms with van der Waals surface area (Å²) < 4.78 is 10.7. The summed E-state index contributed by atoms with van der Waals surface area (Å²) in [6.07, 6.45) is 1.11. The van der Waals surface area contributed by atoms with E-state index in [1.165, 1.54) is 11.3 Å². The maximum absolute atomic E-state index is 5.37. The van der Waals surface area contributed by atoms with Crippen LogP contribution in [0.2, 0.25) is 0 Å². The zero-order valence-corrected chi connectivity index (χ0v) is 17.2. The number of ether oxygens (including phenoxy) is 2. The minimum Gasteiger partial charge on any atom is -0.493 e. The Labute approximate surface area is 167 Å². The maximum atomic E-state index is 5.37. The molecule has 0 amide bonds. The summed E-state index contributed by atoms with van der Waals surface area (Å²) in [5.41, 5.74) is 3.89. The molecule has 150 valence electrons. The molecule has 3 rings (SSSR count). The first-order valence-electron chi connectivity index (χ1n) is 9.66. The van der Waals surface area contributed by atoms with Crippen molar-refractivity contribution in [1.82, 2.24) is 10.6 Å². The molecule has 1 unspecified atom stereocenters. The third-order valence-electron chi connectivity index (χ3n) is 5.13. The average molecular weight is 383 g/mol. The van der Waals surface area contributed by atoms with Gasteiger partial charge in [0.2, 0.25) is 0 Å². The van der Waals surface area contributed by atoms with Gasteiger partial charge in [0.25, 0.3) is 0 Å². The molecule has 1 aliphatic rings. The van der Waals surface area contributed by atoms with E-state index in [9.17, 15) is 0 Å². The van der Waals surface area contributed by atoms with Crippen molar-refractivity contribution in [2.45, 2.75) is 25.9 Å². The number of methoxy groups -OCH3 is 2. The highest BCUT2D eigenvalue weighted by molar-refractivity contribution is 5.79. The molecule has 1 aliphatic heterocycles. The van der Waals surface area contributed by atoms with Gasteiger partial charge in [-0.2, -0.15) is 0 Å². The van der Waals surface area contributed by atoms with Gasteiger partial charge in [-0.05, 0) is 42.7 Å². The number of hydrogen-bond acceptors (Lipinski definition) is 4. The van der Waals surface area contributed by atoms with Gasteiger partial charge >= 0.3 is 0 Å². The Hall–Kier alpha value is -2.89. The monoisotopic (exact) mass is 382 g/mol. The fourth-order valence-corrected chi connectivity index (χ4v) is 3.66. The molecule has 6 nitrogen and oxygen atoms in total. The number of rotatable bonds is 7. The van der Waals surface area contributed by atoms with Crippen LogP contribution in [0.4, 0.5) is 5.69 Å². The minimum atomic E-state index is 0.529. The van der Waals surface area contributed by atoms with Gasteiger partial charge in [-0.1, -0.05) is 24.3 Å². The van der Waals surface area contributed by atoms with Crippen LogP contribution in [0.25, 0.3) is 0 Å². The second-order valence-corrected chi connectivity index (χ2v) is 6.92. The molecule has 2 aromatic carbocycles. The number of fused-ring (bicyclic) bond motifs is 1. The van der Waals surface area contributed by atoms with Crippen LogP contribution in [-0.4, -0.2) is 46.4 Å². The summed E-state index contributed by atoms with van der Waals surface area (Å²) in [5.74, 6) is 2.25. The zero-order valence-electron chi connectivity index (χ0n) is 17.2. The van der Waals surface area contributed by atoms with Crippen molar-refractivity contribution in [1.29, 1.82) is 0 Å². The molecule has 0 aliphatic carbocycles. The molecular weight excluding hydrogens is 352 g/mol. The van der Waals surface area contributed by atoms with Crippen molar-refractivity contribution in [3.63, 3.8) is 0 Å². The molecule has 1 atom stereocenters. The van der Waals surface area contributed by atoms with E-state index in [4.69, 9.17) is 9.47 Å². The number of guanidine groups is 1. The minimum absolute atomic E-state index is 0.529. The lowest BCUT2D eigenvalue weighted by atomic mass is 10.1. The van der Waals surface area contributed by atoms with Crippen LogP contribution in [0.15, 0.2) is 47.5 Å². The van der Waals surface area contributed by atoms with E-state index in [1.54, 1.807) is 21.3 Å². The number of nitrogens with one attached hydrogen (secondary N) is 2. The quantitative estimate of drug-likeness (QED) is 0.570. The zero-order chi connectivity index (χ0) is 19.9. The maximum Gasteiger partial charge on any atom is 0.191 e. The smallest absolute Gasteiger partial charge is 0.191 e. The molecule has 0 saturated heterocycles. The summed E-state index contributed by atoms with van der Waals surface area (Å²) in [7, 11) is 5.08. The van der Waals surface area contributed by atoms with E-state index >= 15 is 0 Å². The highest BCUT2D eigenvalue weighted by Crippen LogP contribution is 2.31. The lowest BCUT2D eigenvalue weighted by Gasteiger charge is -2.25. The van der Waals surface area contributed by atoms with Crippen molar-refractivity contribution in [2.75, 3.05) is 39.3 Å². The van der Waals surface area contributed by atoms with E-state index in [0.29, 0.717) is 12.6 Å². The molecule has 0 saturated carbocycles. The fourth-order valence-electron chi connectivity index (χ4n) is 3.66. The number of para-hydroxylation sites is 1. The van der Waals surface area contributed by atoms with Crippen LogP contribution >= 0.6 is 0 Å². The SMILES string of the molecule is CN=C(NCCN1c2ccccc2CC1C)NCc1ccc(OC)c(OC)c1. The van der Waals surface area contributed by atoms with E-state index in [1.807, 2.05) is 18.2 Å². The van der Waals surface area contributed by atoms with E-state index in [-0.39, 0.29) is 0 Å². The first kappa shape index (κ1) is 19.9. The molecule has 28 heavy (non-hydrogen) atoms. The van der Waals surface area contributed by atoms with E-state index < -0.39 is 0 Å². The molecule has 6 heteroatoms. The Morgan fingerprint density at radius 2 is 1.89 bits per heavy atom. The second kappa shape index (κ2) is 9.35. The summed E-state index contributed by atoms with van der Waals surface area (Å²) in [5, 5.41) is 6.76. The molecule has 0 radical (unpaired) electrons. The van der Waals surface area contributed by atoms with Gasteiger partial charge in [-0.15, -0.1) is 0 Å². The first-order chi connectivity index (χ1) is 13.7. The summed E-state index contributed by atoms with van der Waals surface area (Å²) in [6, 6.07) is 15.1. The Morgan fingerprint density at radius 1 is 1.11 bits per heavy atom. The van der Waals surface area contributed by atoms with Crippen molar-refractivity contribution in [3.05, 3.63) is 53.6 Å². The molecule has 0 bridgehead atoms. The van der Waals surface area contributed by atoms with Crippen LogP contribution in [0.3, 0.4) is 0 Å². The summed E-state index contributed by atoms with van der Waals surface area (Å²) >= 11 is 0. The molecule has 0 fully saturated rings. The molecular formula is C22H30N4O2. The van der Waals surface area contributed by atoms with Crippen LogP contribution in [0, 0.1) is 0 Å². The predicted molar refractivity (Wildman–Crippen MR) is 115 cm³/mol. The Morgan fingerprint density at radius 3 is 2.64 bits per heavy atom. The van der Waals surface area contributed by atoms with Crippen LogP contribution in [-0.2, 0) is 13.0 Å². The number of hydrogen-bond donors (Lipinski definition) is 2. The first-order valence-corrected chi connectivity index (χ1v) is 9.66. The molecule has 0 aromatic heterocycles. The van der Waals surface area contributed by atoms with Gasteiger partial charge in [0.1, 0.15) is 0 Å². The van der Waals surface area contributed by atoms with Gasteiger partial charge in [-0.25, -0.2) is 0 Å². The van der Waals surface area contributed by atoms with Crippen LogP contribution < -0.4 is 25.0 Å². The number of anilines is 1. The topological polar surface area (TPSA) is 58.1 Å². The Bertz CT molecular complexity index is 822. The standard InChI is InChI=1S/C22H30N4O2/c1-16-13-18-7-5-6-8-19(18)26(16)12-11-24-22(23-2)25-15-17-9-10-20(27-3)21(14-17)28-4/h5-10,14,16H,11-13,15H2,1-4H3,(H2,23,24,25). The van der Waals surface area contributed by atoms with Gasteiger partial charge in [0.05, 0.1) is 14.2 Å². The lowest BCUT2D eigenvalue weighted by molar-refractivity contribution is 0.354. The Balaban J connectivity index is 1.50. The summed E-state index contributed by atoms with van der Waals surface area (Å²) in [4.78, 5) is 6.79. The van der Waals surface area contributed by atoms with Crippen molar-refractivity contribution < 1.29 is 9.47 Å². The van der Waals surface area contributed by atoms with Gasteiger partial charge in [0, 0.05) is 38.4 Å². The number of aliphatic imine (C=N–C) groups is 1.